The maximum atomic E-state index is 11.6. The fourth-order valence-corrected chi connectivity index (χ4v) is 1.57. The highest BCUT2D eigenvalue weighted by Gasteiger charge is 2.24. The van der Waals surface area contributed by atoms with Gasteiger partial charge in [-0.2, -0.15) is 0 Å². The minimum atomic E-state index is -2.98. The second-order valence-corrected chi connectivity index (χ2v) is 6.70. The van der Waals surface area contributed by atoms with E-state index in [1.165, 1.54) is 0 Å². The van der Waals surface area contributed by atoms with E-state index >= 15 is 0 Å². The SMILES string of the molecule is CCC(C)(C)C(=O)NCCS(=O)(=O)CC. The van der Waals surface area contributed by atoms with Gasteiger partial charge in [0, 0.05) is 17.7 Å². The largest absolute Gasteiger partial charge is 0.355 e. The van der Waals surface area contributed by atoms with Crippen molar-refractivity contribution in [1.82, 2.24) is 5.32 Å². The fourth-order valence-electron chi connectivity index (χ4n) is 0.864. The van der Waals surface area contributed by atoms with Crippen LogP contribution in [0.4, 0.5) is 0 Å². The molecule has 0 aromatic heterocycles. The molecule has 0 unspecified atom stereocenters. The average molecular weight is 235 g/mol. The molecule has 1 N–H and O–H groups in total. The summed E-state index contributed by atoms with van der Waals surface area (Å²) >= 11 is 0. The zero-order valence-electron chi connectivity index (χ0n) is 9.96. The molecule has 0 aromatic carbocycles. The average Bonchev–Trinajstić information content (AvgIpc) is 2.17. The first kappa shape index (κ1) is 14.4. The van der Waals surface area contributed by atoms with Crippen LogP contribution in [0, 0.1) is 5.41 Å². The Labute approximate surface area is 92.4 Å². The number of carbonyl (C=O) groups is 1. The molecule has 0 atom stereocenters. The highest BCUT2D eigenvalue weighted by atomic mass is 32.2. The Hall–Kier alpha value is -0.580. The molecule has 0 bridgehead atoms. The Morgan fingerprint density at radius 1 is 1.27 bits per heavy atom. The van der Waals surface area contributed by atoms with Crippen molar-refractivity contribution in [1.29, 1.82) is 0 Å². The first-order valence-electron chi connectivity index (χ1n) is 5.24. The van der Waals surface area contributed by atoms with Crippen LogP contribution in [0.2, 0.25) is 0 Å². The lowest BCUT2D eigenvalue weighted by molar-refractivity contribution is -0.129. The van der Waals surface area contributed by atoms with Crippen LogP contribution >= 0.6 is 0 Å². The lowest BCUT2D eigenvalue weighted by atomic mass is 9.89. The number of hydrogen-bond donors (Lipinski definition) is 1. The Morgan fingerprint density at radius 3 is 2.20 bits per heavy atom. The monoisotopic (exact) mass is 235 g/mol. The molecular weight excluding hydrogens is 214 g/mol. The van der Waals surface area contributed by atoms with Crippen LogP contribution in [-0.4, -0.2) is 32.4 Å². The Bertz CT molecular complexity index is 307. The summed E-state index contributed by atoms with van der Waals surface area (Å²) < 4.78 is 22.3. The molecule has 1 amide bonds. The van der Waals surface area contributed by atoms with E-state index < -0.39 is 15.3 Å². The van der Waals surface area contributed by atoms with Gasteiger partial charge in [0.05, 0.1) is 5.75 Å². The molecule has 0 saturated carbocycles. The van der Waals surface area contributed by atoms with Gasteiger partial charge >= 0.3 is 0 Å². The number of rotatable bonds is 6. The molecule has 5 heteroatoms. The third kappa shape index (κ3) is 5.16. The van der Waals surface area contributed by atoms with E-state index in [1.54, 1.807) is 6.92 Å². The van der Waals surface area contributed by atoms with Crippen molar-refractivity contribution >= 4 is 15.7 Å². The quantitative estimate of drug-likeness (QED) is 0.746. The van der Waals surface area contributed by atoms with Gasteiger partial charge in [-0.3, -0.25) is 4.79 Å². The molecule has 4 nitrogen and oxygen atoms in total. The second kappa shape index (κ2) is 5.49. The molecule has 0 aliphatic heterocycles. The predicted molar refractivity (Wildman–Crippen MR) is 61.4 cm³/mol. The summed E-state index contributed by atoms with van der Waals surface area (Å²) in [5, 5.41) is 2.65. The van der Waals surface area contributed by atoms with E-state index in [1.807, 2.05) is 20.8 Å². The zero-order valence-corrected chi connectivity index (χ0v) is 10.8. The van der Waals surface area contributed by atoms with E-state index in [4.69, 9.17) is 0 Å². The molecule has 0 spiro atoms. The maximum Gasteiger partial charge on any atom is 0.225 e. The molecule has 0 radical (unpaired) electrons. The molecule has 15 heavy (non-hydrogen) atoms. The number of amides is 1. The summed E-state index contributed by atoms with van der Waals surface area (Å²) in [6.45, 7) is 7.43. The van der Waals surface area contributed by atoms with Crippen LogP contribution in [0.1, 0.15) is 34.1 Å². The van der Waals surface area contributed by atoms with Crippen molar-refractivity contribution in [2.24, 2.45) is 5.41 Å². The van der Waals surface area contributed by atoms with Crippen LogP contribution in [-0.2, 0) is 14.6 Å². The molecule has 0 rings (SSSR count). The van der Waals surface area contributed by atoms with Gasteiger partial charge in [-0.15, -0.1) is 0 Å². The predicted octanol–water partition coefficient (Wildman–Crippen LogP) is 0.974. The third-order valence-electron chi connectivity index (χ3n) is 2.64. The molecule has 0 heterocycles. The highest BCUT2D eigenvalue weighted by molar-refractivity contribution is 7.91. The summed E-state index contributed by atoms with van der Waals surface area (Å²) in [6, 6.07) is 0. The molecule has 0 fully saturated rings. The van der Waals surface area contributed by atoms with E-state index in [-0.39, 0.29) is 24.0 Å². The van der Waals surface area contributed by atoms with Crippen molar-refractivity contribution < 1.29 is 13.2 Å². The van der Waals surface area contributed by atoms with Gasteiger partial charge in [-0.1, -0.05) is 27.7 Å². The Balaban J connectivity index is 4.04. The normalized spacial score (nSPS) is 12.5. The summed E-state index contributed by atoms with van der Waals surface area (Å²) in [4.78, 5) is 11.6. The molecule has 0 aliphatic carbocycles. The number of sulfone groups is 1. The van der Waals surface area contributed by atoms with Crippen LogP contribution in [0.3, 0.4) is 0 Å². The van der Waals surface area contributed by atoms with Crippen molar-refractivity contribution in [3.8, 4) is 0 Å². The van der Waals surface area contributed by atoms with Gasteiger partial charge in [0.2, 0.25) is 5.91 Å². The molecule has 0 saturated heterocycles. The molecule has 90 valence electrons. The van der Waals surface area contributed by atoms with Gasteiger partial charge in [0.1, 0.15) is 0 Å². The Kier molecular flexibility index (Phi) is 5.28. The summed E-state index contributed by atoms with van der Waals surface area (Å²) in [7, 11) is -2.98. The summed E-state index contributed by atoms with van der Waals surface area (Å²) in [6.07, 6.45) is 0.735. The van der Waals surface area contributed by atoms with Gasteiger partial charge in [0.15, 0.2) is 9.84 Å². The third-order valence-corrected chi connectivity index (χ3v) is 4.34. The van der Waals surface area contributed by atoms with Crippen molar-refractivity contribution in [3.63, 3.8) is 0 Å². The van der Waals surface area contributed by atoms with E-state index in [9.17, 15) is 13.2 Å². The van der Waals surface area contributed by atoms with Crippen molar-refractivity contribution in [2.45, 2.75) is 34.1 Å². The highest BCUT2D eigenvalue weighted by Crippen LogP contribution is 2.19. The first-order valence-corrected chi connectivity index (χ1v) is 7.06. The standard InChI is InChI=1S/C10H21NO3S/c1-5-10(3,4)9(12)11-7-8-15(13,14)6-2/h5-8H2,1-4H3,(H,11,12). The smallest absolute Gasteiger partial charge is 0.225 e. The summed E-state index contributed by atoms with van der Waals surface area (Å²) in [5.41, 5.74) is -0.421. The first-order chi connectivity index (χ1) is 6.75. The van der Waals surface area contributed by atoms with Crippen LogP contribution < -0.4 is 5.32 Å². The lowest BCUT2D eigenvalue weighted by Crippen LogP contribution is -2.38. The fraction of sp³-hybridized carbons (Fsp3) is 0.900. The van der Waals surface area contributed by atoms with E-state index in [2.05, 4.69) is 5.32 Å². The molecule has 0 aromatic rings. The minimum absolute atomic E-state index is 0.0229. The topological polar surface area (TPSA) is 63.2 Å². The Morgan fingerprint density at radius 2 is 1.80 bits per heavy atom. The lowest BCUT2D eigenvalue weighted by Gasteiger charge is -2.21. The number of carbonyl (C=O) groups excluding carboxylic acids is 1. The van der Waals surface area contributed by atoms with Gasteiger partial charge < -0.3 is 5.32 Å². The minimum Gasteiger partial charge on any atom is -0.355 e. The molecular formula is C10H21NO3S. The zero-order chi connectivity index (χ0) is 12.1. The van der Waals surface area contributed by atoms with Crippen LogP contribution in [0.25, 0.3) is 0 Å². The van der Waals surface area contributed by atoms with Crippen LogP contribution in [0.5, 0.6) is 0 Å². The van der Waals surface area contributed by atoms with Gasteiger partial charge in [-0.05, 0) is 6.42 Å². The summed E-state index contributed by atoms with van der Waals surface area (Å²) in [5.74, 6) is 0.0611. The van der Waals surface area contributed by atoms with Crippen LogP contribution in [0.15, 0.2) is 0 Å². The van der Waals surface area contributed by atoms with Gasteiger partial charge in [0.25, 0.3) is 0 Å². The maximum absolute atomic E-state index is 11.6. The van der Waals surface area contributed by atoms with Crippen molar-refractivity contribution in [3.05, 3.63) is 0 Å². The number of nitrogens with one attached hydrogen (secondary N) is 1. The van der Waals surface area contributed by atoms with E-state index in [0.717, 1.165) is 6.42 Å². The van der Waals surface area contributed by atoms with Crippen molar-refractivity contribution in [2.75, 3.05) is 18.1 Å². The van der Waals surface area contributed by atoms with E-state index in [0.29, 0.717) is 0 Å². The second-order valence-electron chi connectivity index (χ2n) is 4.23. The molecule has 0 aliphatic rings. The number of hydrogen-bond acceptors (Lipinski definition) is 3. The van der Waals surface area contributed by atoms with Gasteiger partial charge in [-0.25, -0.2) is 8.42 Å².